The second-order valence-electron chi connectivity index (χ2n) is 10.0. The fourth-order valence-electron chi connectivity index (χ4n) is 5.64. The van der Waals surface area contributed by atoms with Gasteiger partial charge in [-0.1, -0.05) is 18.2 Å². The molecule has 6 nitrogen and oxygen atoms in total. The number of fused-ring (bicyclic) bond motifs is 4. The molecule has 1 unspecified atom stereocenters. The van der Waals surface area contributed by atoms with Gasteiger partial charge in [0.15, 0.2) is 0 Å². The van der Waals surface area contributed by atoms with Gasteiger partial charge in [0.1, 0.15) is 0 Å². The summed E-state index contributed by atoms with van der Waals surface area (Å²) in [6.07, 6.45) is -2.06. The van der Waals surface area contributed by atoms with E-state index in [-0.39, 0.29) is 17.0 Å². The van der Waals surface area contributed by atoms with E-state index < -0.39 is 17.6 Å². The molecule has 1 spiro atoms. The Morgan fingerprint density at radius 3 is 2.73 bits per heavy atom. The van der Waals surface area contributed by atoms with Crippen LogP contribution in [0, 0.1) is 12.3 Å². The van der Waals surface area contributed by atoms with E-state index in [9.17, 15) is 18.0 Å². The number of morpholine rings is 1. The van der Waals surface area contributed by atoms with Crippen molar-refractivity contribution >= 4 is 17.3 Å². The van der Waals surface area contributed by atoms with Crippen LogP contribution in [0.5, 0.6) is 0 Å². The summed E-state index contributed by atoms with van der Waals surface area (Å²) in [5.74, 6) is -0.627. The van der Waals surface area contributed by atoms with Crippen LogP contribution in [0.1, 0.15) is 27.2 Å². The predicted molar refractivity (Wildman–Crippen MR) is 133 cm³/mol. The first kappa shape index (κ1) is 23.9. The van der Waals surface area contributed by atoms with Gasteiger partial charge in [-0.3, -0.25) is 9.78 Å². The highest BCUT2D eigenvalue weighted by Gasteiger charge is 2.52. The van der Waals surface area contributed by atoms with Crippen LogP contribution in [0.15, 0.2) is 54.7 Å². The number of carbonyl (C=O) groups is 1. The first-order chi connectivity index (χ1) is 17.7. The molecule has 0 radical (unpaired) electrons. The number of ether oxygens (including phenoxy) is 2. The highest BCUT2D eigenvalue weighted by atomic mass is 19.4. The molecule has 0 bridgehead atoms. The summed E-state index contributed by atoms with van der Waals surface area (Å²) in [5.41, 5.74) is 4.63. The monoisotopic (exact) mass is 509 g/mol. The Kier molecular flexibility index (Phi) is 5.72. The Morgan fingerprint density at radius 1 is 1.14 bits per heavy atom. The van der Waals surface area contributed by atoms with Gasteiger partial charge >= 0.3 is 6.18 Å². The summed E-state index contributed by atoms with van der Waals surface area (Å²) in [6.45, 7) is 5.56. The van der Waals surface area contributed by atoms with Crippen molar-refractivity contribution in [1.29, 1.82) is 0 Å². The molecule has 2 saturated heterocycles. The third-order valence-corrected chi connectivity index (χ3v) is 7.66. The summed E-state index contributed by atoms with van der Waals surface area (Å²) < 4.78 is 50.7. The number of nitrogens with one attached hydrogen (secondary N) is 1. The van der Waals surface area contributed by atoms with Crippen molar-refractivity contribution in [2.24, 2.45) is 5.41 Å². The molecule has 2 aromatic carbocycles. The smallest absolute Gasteiger partial charge is 0.380 e. The van der Waals surface area contributed by atoms with Crippen LogP contribution >= 0.6 is 0 Å². The maximum atomic E-state index is 13.1. The second-order valence-corrected chi connectivity index (χ2v) is 10.0. The van der Waals surface area contributed by atoms with E-state index in [1.54, 1.807) is 0 Å². The minimum absolute atomic E-state index is 0.0713. The van der Waals surface area contributed by atoms with Gasteiger partial charge in [-0.15, -0.1) is 0 Å². The number of amides is 1. The number of aromatic nitrogens is 1. The number of hydrogen-bond acceptors (Lipinski definition) is 5. The second kappa shape index (κ2) is 8.85. The number of aryl methyl sites for hydroxylation is 1. The molecule has 0 aliphatic carbocycles. The lowest BCUT2D eigenvalue weighted by Crippen LogP contribution is -2.65. The minimum Gasteiger partial charge on any atom is -0.380 e. The van der Waals surface area contributed by atoms with Crippen LogP contribution in [0.3, 0.4) is 0 Å². The molecular formula is C28H26F3N3O3. The average molecular weight is 510 g/mol. The van der Waals surface area contributed by atoms with Crippen molar-refractivity contribution < 1.29 is 27.4 Å². The Balaban J connectivity index is 1.29. The van der Waals surface area contributed by atoms with Crippen molar-refractivity contribution in [3.05, 3.63) is 77.1 Å². The Morgan fingerprint density at radius 2 is 1.97 bits per heavy atom. The molecule has 1 amide bonds. The number of carbonyl (C=O) groups excluding carboxylic acids is 1. The number of benzene rings is 2. The maximum Gasteiger partial charge on any atom is 0.416 e. The van der Waals surface area contributed by atoms with Crippen molar-refractivity contribution in [3.8, 4) is 11.1 Å². The van der Waals surface area contributed by atoms with E-state index in [0.717, 1.165) is 55.1 Å². The lowest BCUT2D eigenvalue weighted by molar-refractivity contribution is -0.145. The molecular weight excluding hydrogens is 483 g/mol. The topological polar surface area (TPSA) is 63.7 Å². The Hall–Kier alpha value is -3.43. The SMILES string of the molecule is Cc1ncc(NC(=O)c2cccc(C(F)(F)F)c2)cc1-c1ccc2c(c1)N1CCOCC1C1(COC1)C2. The third-order valence-electron chi connectivity index (χ3n) is 7.66. The molecule has 6 rings (SSSR count). The summed E-state index contributed by atoms with van der Waals surface area (Å²) in [4.78, 5) is 19.6. The summed E-state index contributed by atoms with van der Waals surface area (Å²) in [5, 5.41) is 2.70. The van der Waals surface area contributed by atoms with E-state index in [2.05, 4.69) is 33.4 Å². The van der Waals surface area contributed by atoms with Gasteiger partial charge in [0.2, 0.25) is 0 Å². The third kappa shape index (κ3) is 4.26. The number of anilines is 2. The highest BCUT2D eigenvalue weighted by molar-refractivity contribution is 6.04. The van der Waals surface area contributed by atoms with E-state index in [1.165, 1.54) is 29.6 Å². The number of halogens is 3. The molecule has 3 aromatic rings. The van der Waals surface area contributed by atoms with Crippen LogP contribution in [0.2, 0.25) is 0 Å². The van der Waals surface area contributed by atoms with E-state index >= 15 is 0 Å². The zero-order chi connectivity index (χ0) is 25.8. The van der Waals surface area contributed by atoms with Gasteiger partial charge in [0.05, 0.1) is 49.9 Å². The molecule has 2 fully saturated rings. The van der Waals surface area contributed by atoms with Crippen molar-refractivity contribution in [1.82, 2.24) is 4.98 Å². The molecule has 4 heterocycles. The largest absolute Gasteiger partial charge is 0.416 e. The maximum absolute atomic E-state index is 13.1. The molecule has 0 saturated carbocycles. The number of hydrogen-bond donors (Lipinski definition) is 1. The number of nitrogens with zero attached hydrogens (tertiary/aromatic N) is 2. The Labute approximate surface area is 212 Å². The first-order valence-corrected chi connectivity index (χ1v) is 12.2. The van der Waals surface area contributed by atoms with Crippen LogP contribution < -0.4 is 10.2 Å². The number of pyridine rings is 1. The molecule has 37 heavy (non-hydrogen) atoms. The van der Waals surface area contributed by atoms with E-state index in [0.29, 0.717) is 18.9 Å². The lowest BCUT2D eigenvalue weighted by Gasteiger charge is -2.56. The van der Waals surface area contributed by atoms with Gasteiger partial charge in [-0.25, -0.2) is 0 Å². The predicted octanol–water partition coefficient (Wildman–Crippen LogP) is 5.11. The molecule has 9 heteroatoms. The van der Waals surface area contributed by atoms with Gasteiger partial charge < -0.3 is 19.7 Å². The van der Waals surface area contributed by atoms with Crippen LogP contribution in [0.25, 0.3) is 11.1 Å². The molecule has 1 N–H and O–H groups in total. The minimum atomic E-state index is -4.52. The van der Waals surface area contributed by atoms with E-state index in [4.69, 9.17) is 9.47 Å². The van der Waals surface area contributed by atoms with Gasteiger partial charge in [-0.2, -0.15) is 13.2 Å². The molecule has 1 atom stereocenters. The average Bonchev–Trinajstić information content (AvgIpc) is 2.87. The molecule has 3 aliphatic rings. The highest BCUT2D eigenvalue weighted by Crippen LogP contribution is 2.47. The van der Waals surface area contributed by atoms with Gasteiger partial charge in [0.25, 0.3) is 5.91 Å². The zero-order valence-electron chi connectivity index (χ0n) is 20.3. The Bertz CT molecular complexity index is 1370. The van der Waals surface area contributed by atoms with Crippen molar-refractivity contribution in [2.75, 3.05) is 43.2 Å². The fraction of sp³-hybridized carbons (Fsp3) is 0.357. The van der Waals surface area contributed by atoms with Crippen molar-refractivity contribution in [3.63, 3.8) is 0 Å². The molecule has 3 aliphatic heterocycles. The summed E-state index contributed by atoms with van der Waals surface area (Å²) in [6, 6.07) is 12.8. The van der Waals surface area contributed by atoms with Crippen molar-refractivity contribution in [2.45, 2.75) is 25.6 Å². The fourth-order valence-corrected chi connectivity index (χ4v) is 5.64. The van der Waals surface area contributed by atoms with E-state index in [1.807, 2.05) is 13.0 Å². The molecule has 192 valence electrons. The van der Waals surface area contributed by atoms with Gasteiger partial charge in [0, 0.05) is 34.5 Å². The summed E-state index contributed by atoms with van der Waals surface area (Å²) >= 11 is 0. The van der Waals surface area contributed by atoms with Crippen LogP contribution in [0.4, 0.5) is 24.5 Å². The van der Waals surface area contributed by atoms with Crippen LogP contribution in [-0.4, -0.2) is 49.9 Å². The lowest BCUT2D eigenvalue weighted by atomic mass is 9.69. The quantitative estimate of drug-likeness (QED) is 0.532. The summed E-state index contributed by atoms with van der Waals surface area (Å²) in [7, 11) is 0. The zero-order valence-corrected chi connectivity index (χ0v) is 20.3. The number of alkyl halides is 3. The standard InChI is InChI=1S/C28H26F3N3O3/c1-17-23(11-22(13-32-17)33-26(35)19-3-2-4-21(9-19)28(29,30)31)18-5-6-20-12-27(15-37-16-27)25-14-36-8-7-34(25)24(20)10-18/h2-6,9-11,13,25H,7-8,12,14-16H2,1H3,(H,33,35). The molecule has 1 aromatic heterocycles. The van der Waals surface area contributed by atoms with Crippen LogP contribution in [-0.2, 0) is 22.1 Å². The number of rotatable bonds is 3. The normalized spacial score (nSPS) is 20.1. The first-order valence-electron chi connectivity index (χ1n) is 12.2. The van der Waals surface area contributed by atoms with Gasteiger partial charge in [-0.05, 0) is 54.8 Å².